The summed E-state index contributed by atoms with van der Waals surface area (Å²) in [7, 11) is 6.22. The lowest BCUT2D eigenvalue weighted by atomic mass is 9.81. The quantitative estimate of drug-likeness (QED) is 0.550. The van der Waals surface area contributed by atoms with Crippen LogP contribution in [-0.2, 0) is 0 Å². The van der Waals surface area contributed by atoms with Crippen LogP contribution in [0.15, 0.2) is 36.4 Å². The Balaban J connectivity index is 1.49. The van der Waals surface area contributed by atoms with Crippen molar-refractivity contribution >= 4 is 11.8 Å². The monoisotopic (exact) mass is 470 g/mol. The van der Waals surface area contributed by atoms with E-state index < -0.39 is 0 Å². The molecule has 0 aromatic heterocycles. The molecule has 0 aliphatic heterocycles. The van der Waals surface area contributed by atoms with Crippen LogP contribution < -0.4 is 29.6 Å². The normalized spacial score (nSPS) is 17.4. The molecule has 0 heterocycles. The van der Waals surface area contributed by atoms with Gasteiger partial charge in [0, 0.05) is 24.2 Å². The highest BCUT2D eigenvalue weighted by atomic mass is 16.5. The van der Waals surface area contributed by atoms with E-state index in [1.54, 1.807) is 64.8 Å². The van der Waals surface area contributed by atoms with Crippen LogP contribution in [0.4, 0.5) is 0 Å². The Morgan fingerprint density at radius 3 is 1.50 bits per heavy atom. The molecule has 2 amide bonds. The number of nitrogens with one attached hydrogen (secondary N) is 2. The first-order valence-electron chi connectivity index (χ1n) is 11.5. The number of methoxy groups -OCH3 is 4. The van der Waals surface area contributed by atoms with Gasteiger partial charge in [0.1, 0.15) is 0 Å². The molecule has 2 N–H and O–H groups in total. The Bertz CT molecular complexity index is 916. The number of carbonyl (C=O) groups is 2. The highest BCUT2D eigenvalue weighted by molar-refractivity contribution is 5.95. The fraction of sp³-hybridized carbons (Fsp3) is 0.462. The van der Waals surface area contributed by atoms with Gasteiger partial charge in [0.05, 0.1) is 28.4 Å². The Morgan fingerprint density at radius 2 is 1.12 bits per heavy atom. The first-order valence-corrected chi connectivity index (χ1v) is 11.5. The predicted octanol–water partition coefficient (Wildman–Crippen LogP) is 3.69. The predicted molar refractivity (Wildman–Crippen MR) is 129 cm³/mol. The molecule has 1 aliphatic carbocycles. The van der Waals surface area contributed by atoms with Gasteiger partial charge in [0.25, 0.3) is 11.8 Å². The van der Waals surface area contributed by atoms with Gasteiger partial charge in [0.2, 0.25) is 0 Å². The molecule has 34 heavy (non-hydrogen) atoms. The molecule has 0 unspecified atom stereocenters. The molecule has 0 saturated heterocycles. The molecule has 2 aromatic rings. The molecular weight excluding hydrogens is 436 g/mol. The summed E-state index contributed by atoms with van der Waals surface area (Å²) >= 11 is 0. The molecule has 184 valence electrons. The van der Waals surface area contributed by atoms with Crippen LogP contribution in [0, 0.1) is 11.8 Å². The third-order valence-electron chi connectivity index (χ3n) is 6.29. The number of ether oxygens (including phenoxy) is 4. The van der Waals surface area contributed by atoms with E-state index in [1.807, 2.05) is 0 Å². The molecule has 0 spiro atoms. The van der Waals surface area contributed by atoms with Crippen molar-refractivity contribution in [2.75, 3.05) is 41.5 Å². The van der Waals surface area contributed by atoms with Crippen molar-refractivity contribution in [1.82, 2.24) is 10.6 Å². The van der Waals surface area contributed by atoms with Crippen molar-refractivity contribution in [2.24, 2.45) is 11.8 Å². The van der Waals surface area contributed by atoms with Crippen LogP contribution in [0.5, 0.6) is 23.0 Å². The van der Waals surface area contributed by atoms with Gasteiger partial charge in [-0.1, -0.05) is 6.42 Å². The van der Waals surface area contributed by atoms with Crippen LogP contribution in [0.2, 0.25) is 0 Å². The second-order valence-electron chi connectivity index (χ2n) is 8.46. The summed E-state index contributed by atoms with van der Waals surface area (Å²) in [5, 5.41) is 6.09. The number of hydrogen-bond acceptors (Lipinski definition) is 6. The zero-order valence-electron chi connectivity index (χ0n) is 20.3. The third-order valence-corrected chi connectivity index (χ3v) is 6.29. The SMILES string of the molecule is COc1ccc(C(=O)NC[C@H]2CCC[C@@H](CNC(=O)c3ccc(OC)c(OC)c3)C2)cc1OC. The van der Waals surface area contributed by atoms with Gasteiger partial charge in [-0.05, 0) is 67.5 Å². The van der Waals surface area contributed by atoms with Crippen molar-refractivity contribution in [3.05, 3.63) is 47.5 Å². The lowest BCUT2D eigenvalue weighted by molar-refractivity contribution is 0.0935. The number of hydrogen-bond donors (Lipinski definition) is 2. The Labute approximate surface area is 200 Å². The first-order chi connectivity index (χ1) is 16.5. The van der Waals surface area contributed by atoms with Gasteiger partial charge in [-0.2, -0.15) is 0 Å². The van der Waals surface area contributed by atoms with Gasteiger partial charge in [-0.25, -0.2) is 0 Å². The lowest BCUT2D eigenvalue weighted by Crippen LogP contribution is -2.35. The average molecular weight is 471 g/mol. The van der Waals surface area contributed by atoms with E-state index in [0.29, 0.717) is 59.1 Å². The molecule has 8 nitrogen and oxygen atoms in total. The van der Waals surface area contributed by atoms with Crippen molar-refractivity contribution in [2.45, 2.75) is 25.7 Å². The van der Waals surface area contributed by atoms with E-state index in [2.05, 4.69) is 10.6 Å². The maximum absolute atomic E-state index is 12.6. The minimum absolute atomic E-state index is 0.134. The first kappa shape index (κ1) is 25.2. The zero-order valence-corrected chi connectivity index (χ0v) is 20.3. The Kier molecular flexibility index (Phi) is 9.01. The molecule has 0 radical (unpaired) electrons. The van der Waals surface area contributed by atoms with E-state index in [0.717, 1.165) is 25.7 Å². The van der Waals surface area contributed by atoms with Crippen molar-refractivity contribution in [1.29, 1.82) is 0 Å². The topological polar surface area (TPSA) is 95.1 Å². The summed E-state index contributed by atoms with van der Waals surface area (Å²) in [6.45, 7) is 1.21. The highest BCUT2D eigenvalue weighted by Gasteiger charge is 2.23. The van der Waals surface area contributed by atoms with E-state index in [-0.39, 0.29) is 11.8 Å². The molecule has 1 saturated carbocycles. The summed E-state index contributed by atoms with van der Waals surface area (Å²) in [5.74, 6) is 2.71. The van der Waals surface area contributed by atoms with E-state index in [1.165, 1.54) is 0 Å². The Hall–Kier alpha value is -3.42. The van der Waals surface area contributed by atoms with Gasteiger partial charge in [-0.15, -0.1) is 0 Å². The maximum atomic E-state index is 12.6. The molecule has 2 atom stereocenters. The fourth-order valence-electron chi connectivity index (χ4n) is 4.41. The molecule has 2 aromatic carbocycles. The zero-order chi connectivity index (χ0) is 24.5. The van der Waals surface area contributed by atoms with Crippen LogP contribution >= 0.6 is 0 Å². The molecule has 0 bridgehead atoms. The van der Waals surface area contributed by atoms with Crippen molar-refractivity contribution in [3.63, 3.8) is 0 Å². The number of carbonyl (C=O) groups excluding carboxylic acids is 2. The maximum Gasteiger partial charge on any atom is 0.251 e. The van der Waals surface area contributed by atoms with Crippen LogP contribution in [0.1, 0.15) is 46.4 Å². The smallest absolute Gasteiger partial charge is 0.251 e. The summed E-state index contributed by atoms with van der Waals surface area (Å²) in [6.07, 6.45) is 4.16. The van der Waals surface area contributed by atoms with Crippen LogP contribution in [0.25, 0.3) is 0 Å². The standard InChI is InChI=1S/C26H34N2O6/c1-31-21-10-8-19(13-23(21)33-3)25(29)27-15-17-6-5-7-18(12-17)16-28-26(30)20-9-11-22(32-2)24(14-20)34-4/h8-11,13-14,17-18H,5-7,12,15-16H2,1-4H3,(H,27,29)(H,28,30)/t17-,18+. The highest BCUT2D eigenvalue weighted by Crippen LogP contribution is 2.30. The van der Waals surface area contributed by atoms with Crippen LogP contribution in [-0.4, -0.2) is 53.3 Å². The molecule has 3 rings (SSSR count). The van der Waals surface area contributed by atoms with E-state index in [4.69, 9.17) is 18.9 Å². The molecule has 8 heteroatoms. The van der Waals surface area contributed by atoms with Crippen LogP contribution in [0.3, 0.4) is 0 Å². The third kappa shape index (κ3) is 6.34. The summed E-state index contributed by atoms with van der Waals surface area (Å²) in [5.41, 5.74) is 1.07. The summed E-state index contributed by atoms with van der Waals surface area (Å²) in [4.78, 5) is 25.2. The van der Waals surface area contributed by atoms with Gasteiger partial charge in [-0.3, -0.25) is 9.59 Å². The lowest BCUT2D eigenvalue weighted by Gasteiger charge is -2.29. The molecule has 1 aliphatic rings. The minimum Gasteiger partial charge on any atom is -0.493 e. The van der Waals surface area contributed by atoms with E-state index in [9.17, 15) is 9.59 Å². The number of benzene rings is 2. The largest absolute Gasteiger partial charge is 0.493 e. The van der Waals surface area contributed by atoms with Gasteiger partial charge < -0.3 is 29.6 Å². The van der Waals surface area contributed by atoms with Crippen molar-refractivity contribution in [3.8, 4) is 23.0 Å². The molecular formula is C26H34N2O6. The fourth-order valence-corrected chi connectivity index (χ4v) is 4.41. The van der Waals surface area contributed by atoms with Gasteiger partial charge in [0.15, 0.2) is 23.0 Å². The second-order valence-corrected chi connectivity index (χ2v) is 8.46. The summed E-state index contributed by atoms with van der Waals surface area (Å²) < 4.78 is 21.0. The van der Waals surface area contributed by atoms with Crippen molar-refractivity contribution < 1.29 is 28.5 Å². The van der Waals surface area contributed by atoms with E-state index >= 15 is 0 Å². The average Bonchev–Trinajstić information content (AvgIpc) is 2.89. The second kappa shape index (κ2) is 12.2. The van der Waals surface area contributed by atoms with Gasteiger partial charge >= 0.3 is 0 Å². The Morgan fingerprint density at radius 1 is 0.706 bits per heavy atom. The number of amides is 2. The minimum atomic E-state index is -0.134. The molecule has 1 fully saturated rings. The number of rotatable bonds is 10. The summed E-state index contributed by atoms with van der Waals surface area (Å²) in [6, 6.07) is 10.3.